The second kappa shape index (κ2) is 11.5. The Bertz CT molecular complexity index is 679. The molecule has 1 aliphatic rings. The first-order chi connectivity index (χ1) is 14.0. The van der Waals surface area contributed by atoms with Crippen molar-refractivity contribution in [1.29, 1.82) is 0 Å². The summed E-state index contributed by atoms with van der Waals surface area (Å²) >= 11 is 0. The number of likely N-dealkylation sites (tertiary alicyclic amines) is 1. The molecule has 1 fully saturated rings. The summed E-state index contributed by atoms with van der Waals surface area (Å²) in [5.74, 6) is 1.26. The second-order valence-corrected chi connectivity index (χ2v) is 7.25. The van der Waals surface area contributed by atoms with Gasteiger partial charge in [-0.25, -0.2) is 4.79 Å². The standard InChI is InChI=1S/C22H34N2O5/c1-5-13-29-19-11-10-17(14-20(19)27-6-2)21(25)23-16(4)18-9-8-12-24(15-18)22(26)28-7-3/h10-11,14,16,18H,5-9,12-13,15H2,1-4H3,(H,23,25)/t16-,18+/m0/s1. The van der Waals surface area contributed by atoms with E-state index >= 15 is 0 Å². The van der Waals surface area contributed by atoms with E-state index in [2.05, 4.69) is 5.32 Å². The molecule has 1 aromatic rings. The lowest BCUT2D eigenvalue weighted by Crippen LogP contribution is -2.48. The zero-order valence-electron chi connectivity index (χ0n) is 18.0. The Hall–Kier alpha value is -2.44. The molecule has 2 amide bonds. The molecule has 0 aliphatic carbocycles. The highest BCUT2D eigenvalue weighted by Gasteiger charge is 2.29. The lowest BCUT2D eigenvalue weighted by atomic mass is 9.91. The third kappa shape index (κ3) is 6.54. The number of nitrogens with zero attached hydrogens (tertiary/aromatic N) is 1. The van der Waals surface area contributed by atoms with Crippen molar-refractivity contribution >= 4 is 12.0 Å². The van der Waals surface area contributed by atoms with Gasteiger partial charge in [-0.05, 0) is 64.2 Å². The maximum atomic E-state index is 12.8. The van der Waals surface area contributed by atoms with E-state index in [-0.39, 0.29) is 24.0 Å². The molecule has 162 valence electrons. The second-order valence-electron chi connectivity index (χ2n) is 7.25. The molecule has 0 spiro atoms. The van der Waals surface area contributed by atoms with E-state index < -0.39 is 0 Å². The summed E-state index contributed by atoms with van der Waals surface area (Å²) in [6, 6.07) is 5.19. The number of amides is 2. The number of ether oxygens (including phenoxy) is 3. The number of piperidine rings is 1. The maximum Gasteiger partial charge on any atom is 0.409 e. The molecule has 1 saturated heterocycles. The zero-order valence-corrected chi connectivity index (χ0v) is 18.0. The fourth-order valence-electron chi connectivity index (χ4n) is 3.46. The van der Waals surface area contributed by atoms with Crippen LogP contribution in [0.25, 0.3) is 0 Å². The summed E-state index contributed by atoms with van der Waals surface area (Å²) in [6.07, 6.45) is 2.49. The van der Waals surface area contributed by atoms with Gasteiger partial charge in [0.05, 0.1) is 19.8 Å². The van der Waals surface area contributed by atoms with E-state index in [1.165, 1.54) is 0 Å². The van der Waals surface area contributed by atoms with Crippen molar-refractivity contribution in [2.45, 2.75) is 53.0 Å². The van der Waals surface area contributed by atoms with Crippen molar-refractivity contribution < 1.29 is 23.8 Å². The molecular weight excluding hydrogens is 372 g/mol. The van der Waals surface area contributed by atoms with E-state index in [0.717, 1.165) is 19.3 Å². The van der Waals surface area contributed by atoms with Crippen molar-refractivity contribution in [3.63, 3.8) is 0 Å². The number of nitrogens with one attached hydrogen (secondary N) is 1. The average molecular weight is 407 g/mol. The number of benzene rings is 1. The van der Waals surface area contributed by atoms with Gasteiger partial charge in [-0.15, -0.1) is 0 Å². The van der Waals surface area contributed by atoms with E-state index in [4.69, 9.17) is 14.2 Å². The Kier molecular flexibility index (Phi) is 9.09. The van der Waals surface area contributed by atoms with Gasteiger partial charge >= 0.3 is 6.09 Å². The summed E-state index contributed by atoms with van der Waals surface area (Å²) < 4.78 is 16.5. The number of hydrogen-bond acceptors (Lipinski definition) is 5. The number of hydrogen-bond donors (Lipinski definition) is 1. The molecule has 1 aliphatic heterocycles. The topological polar surface area (TPSA) is 77.1 Å². The molecule has 0 radical (unpaired) electrons. The minimum atomic E-state index is -0.278. The van der Waals surface area contributed by atoms with Crippen molar-refractivity contribution in [3.05, 3.63) is 23.8 Å². The molecule has 7 heteroatoms. The van der Waals surface area contributed by atoms with Gasteiger partial charge in [-0.3, -0.25) is 4.79 Å². The van der Waals surface area contributed by atoms with Crippen LogP contribution in [0.5, 0.6) is 11.5 Å². The van der Waals surface area contributed by atoms with E-state index in [1.54, 1.807) is 30.0 Å². The summed E-state index contributed by atoms with van der Waals surface area (Å²) in [5, 5.41) is 3.08. The van der Waals surface area contributed by atoms with Gasteiger partial charge in [0, 0.05) is 24.7 Å². The minimum Gasteiger partial charge on any atom is -0.490 e. The van der Waals surface area contributed by atoms with Gasteiger partial charge in [-0.2, -0.15) is 0 Å². The quantitative estimate of drug-likeness (QED) is 0.674. The first-order valence-corrected chi connectivity index (χ1v) is 10.6. The summed E-state index contributed by atoms with van der Waals surface area (Å²) in [7, 11) is 0. The highest BCUT2D eigenvalue weighted by atomic mass is 16.6. The third-order valence-corrected chi connectivity index (χ3v) is 5.02. The molecule has 2 rings (SSSR count). The SMILES string of the molecule is CCCOc1ccc(C(=O)N[C@@H](C)[C@@H]2CCCN(C(=O)OCC)C2)cc1OCC. The van der Waals surface area contributed by atoms with Gasteiger partial charge in [0.25, 0.3) is 5.91 Å². The first-order valence-electron chi connectivity index (χ1n) is 10.6. The number of carbonyl (C=O) groups is 2. The summed E-state index contributed by atoms with van der Waals surface area (Å²) in [6.45, 7) is 10.5. The van der Waals surface area contributed by atoms with Crippen LogP contribution in [0.1, 0.15) is 57.3 Å². The molecule has 7 nitrogen and oxygen atoms in total. The average Bonchev–Trinajstić information content (AvgIpc) is 2.73. The van der Waals surface area contributed by atoms with Crippen LogP contribution in [0.2, 0.25) is 0 Å². The molecule has 0 unspecified atom stereocenters. The Labute approximate surface area is 173 Å². The zero-order chi connectivity index (χ0) is 21.2. The van der Waals surface area contributed by atoms with E-state index in [1.807, 2.05) is 20.8 Å². The first kappa shape index (κ1) is 22.8. The van der Waals surface area contributed by atoms with E-state index in [0.29, 0.717) is 50.0 Å². The van der Waals surface area contributed by atoms with Crippen LogP contribution in [-0.2, 0) is 4.74 Å². The molecule has 0 bridgehead atoms. The minimum absolute atomic E-state index is 0.0636. The normalized spacial score (nSPS) is 17.4. The summed E-state index contributed by atoms with van der Waals surface area (Å²) in [4.78, 5) is 26.5. The molecule has 1 N–H and O–H groups in total. The largest absolute Gasteiger partial charge is 0.490 e. The van der Waals surface area contributed by atoms with Crippen molar-refractivity contribution in [2.75, 3.05) is 32.9 Å². The van der Waals surface area contributed by atoms with Crippen LogP contribution in [0.15, 0.2) is 18.2 Å². The smallest absolute Gasteiger partial charge is 0.409 e. The molecule has 2 atom stereocenters. The van der Waals surface area contributed by atoms with Crippen molar-refractivity contribution in [1.82, 2.24) is 10.2 Å². The highest BCUT2D eigenvalue weighted by molar-refractivity contribution is 5.95. The van der Waals surface area contributed by atoms with Gasteiger partial charge in [0.1, 0.15) is 0 Å². The predicted molar refractivity (Wildman–Crippen MR) is 112 cm³/mol. The van der Waals surface area contributed by atoms with Gasteiger partial charge in [0.2, 0.25) is 0 Å². The lowest BCUT2D eigenvalue weighted by molar-refractivity contribution is 0.0789. The molecular formula is C22H34N2O5. The number of carbonyl (C=O) groups excluding carboxylic acids is 2. The Morgan fingerprint density at radius 1 is 1.17 bits per heavy atom. The molecule has 0 saturated carbocycles. The highest BCUT2D eigenvalue weighted by Crippen LogP contribution is 2.29. The fourth-order valence-corrected chi connectivity index (χ4v) is 3.46. The van der Waals surface area contributed by atoms with Crippen LogP contribution in [0.3, 0.4) is 0 Å². The van der Waals surface area contributed by atoms with Gasteiger partial charge in [-0.1, -0.05) is 6.92 Å². The van der Waals surface area contributed by atoms with Crippen LogP contribution in [0.4, 0.5) is 4.79 Å². The van der Waals surface area contributed by atoms with Gasteiger partial charge < -0.3 is 24.4 Å². The predicted octanol–water partition coefficient (Wildman–Crippen LogP) is 3.86. The molecule has 1 heterocycles. The summed E-state index contributed by atoms with van der Waals surface area (Å²) in [5.41, 5.74) is 0.530. The Morgan fingerprint density at radius 2 is 1.97 bits per heavy atom. The monoisotopic (exact) mass is 406 g/mol. The maximum absolute atomic E-state index is 12.8. The lowest BCUT2D eigenvalue weighted by Gasteiger charge is -2.35. The third-order valence-electron chi connectivity index (χ3n) is 5.02. The Balaban J connectivity index is 2.01. The molecule has 29 heavy (non-hydrogen) atoms. The molecule has 1 aromatic carbocycles. The van der Waals surface area contributed by atoms with Gasteiger partial charge in [0.15, 0.2) is 11.5 Å². The fraction of sp³-hybridized carbons (Fsp3) is 0.636. The van der Waals surface area contributed by atoms with Crippen molar-refractivity contribution in [2.24, 2.45) is 5.92 Å². The van der Waals surface area contributed by atoms with Crippen LogP contribution in [0, 0.1) is 5.92 Å². The van der Waals surface area contributed by atoms with Crippen LogP contribution in [-0.4, -0.2) is 55.9 Å². The molecule has 0 aromatic heterocycles. The Morgan fingerprint density at radius 3 is 2.66 bits per heavy atom. The van der Waals surface area contributed by atoms with Crippen molar-refractivity contribution in [3.8, 4) is 11.5 Å². The van der Waals surface area contributed by atoms with Crippen LogP contribution >= 0.6 is 0 Å². The van der Waals surface area contributed by atoms with Crippen LogP contribution < -0.4 is 14.8 Å². The number of rotatable bonds is 9. The van der Waals surface area contributed by atoms with E-state index in [9.17, 15) is 9.59 Å².